The van der Waals surface area contributed by atoms with E-state index in [2.05, 4.69) is 4.84 Å². The van der Waals surface area contributed by atoms with Gasteiger partial charge in [-0.25, -0.2) is 0 Å². The second kappa shape index (κ2) is 8.85. The summed E-state index contributed by atoms with van der Waals surface area (Å²) >= 11 is -4.99. The molecule has 2 N–H and O–H groups in total. The van der Waals surface area contributed by atoms with Crippen LogP contribution in [0.25, 0.3) is 0 Å². The van der Waals surface area contributed by atoms with E-state index in [4.69, 9.17) is 3.73 Å². The zero-order valence-electron chi connectivity index (χ0n) is 14.4. The number of aryl methyl sites for hydroxylation is 1. The van der Waals surface area contributed by atoms with Gasteiger partial charge in [-0.15, -0.1) is 0 Å². The molecule has 0 radical (unpaired) electrons. The Hall–Kier alpha value is -2.34. The monoisotopic (exact) mass is 421 g/mol. The molecule has 0 spiro atoms. The van der Waals surface area contributed by atoms with Gasteiger partial charge in [-0.1, -0.05) is 0 Å². The van der Waals surface area contributed by atoms with E-state index in [1.54, 1.807) is 30.3 Å². The molecule has 2 aromatic rings. The van der Waals surface area contributed by atoms with Crippen molar-refractivity contribution in [2.24, 2.45) is 0 Å². The Morgan fingerprint density at radius 3 is 2.35 bits per heavy atom. The van der Waals surface area contributed by atoms with Crippen LogP contribution in [0.5, 0.6) is 0 Å². The summed E-state index contributed by atoms with van der Waals surface area (Å²) in [5.74, 6) is -1.52. The molecule has 0 saturated heterocycles. The molecule has 0 aliphatic rings. The molecular formula is C18H20AsNO6. The van der Waals surface area contributed by atoms with Gasteiger partial charge < -0.3 is 0 Å². The summed E-state index contributed by atoms with van der Waals surface area (Å²) in [6.45, 7) is 3.03. The van der Waals surface area contributed by atoms with Gasteiger partial charge in [-0.2, -0.15) is 0 Å². The number of benzene rings is 2. The van der Waals surface area contributed by atoms with Crippen molar-refractivity contribution in [2.45, 2.75) is 26.4 Å². The molecule has 2 atom stereocenters. The van der Waals surface area contributed by atoms with Crippen molar-refractivity contribution in [3.8, 4) is 0 Å². The number of carbonyl (C=O) groups is 2. The zero-order chi connectivity index (χ0) is 19.2. The van der Waals surface area contributed by atoms with Crippen molar-refractivity contribution in [3.05, 3.63) is 65.7 Å². The van der Waals surface area contributed by atoms with Crippen LogP contribution in [-0.4, -0.2) is 36.2 Å². The van der Waals surface area contributed by atoms with Crippen molar-refractivity contribution in [1.82, 2.24) is 5.48 Å². The number of nitrogens with one attached hydrogen (secondary N) is 1. The maximum absolute atomic E-state index is 12.6. The minimum atomic E-state index is -4.99. The molecule has 0 aliphatic carbocycles. The number of rotatable bonds is 6. The molecule has 26 heavy (non-hydrogen) atoms. The first kappa shape index (κ1) is 20.0. The Labute approximate surface area is 154 Å². The van der Waals surface area contributed by atoms with Gasteiger partial charge in [0.1, 0.15) is 0 Å². The second-order valence-electron chi connectivity index (χ2n) is 5.66. The van der Waals surface area contributed by atoms with Gasteiger partial charge in [0.25, 0.3) is 0 Å². The van der Waals surface area contributed by atoms with Crippen LogP contribution in [0.3, 0.4) is 0 Å². The van der Waals surface area contributed by atoms with Crippen LogP contribution in [0.2, 0.25) is 0 Å². The molecule has 138 valence electrons. The Kier molecular flexibility index (Phi) is 6.80. The van der Waals surface area contributed by atoms with Crippen LogP contribution in [-0.2, 0) is 28.3 Å². The van der Waals surface area contributed by atoms with Gasteiger partial charge >= 0.3 is 154 Å². The molecular weight excluding hydrogens is 401 g/mol. The van der Waals surface area contributed by atoms with Gasteiger partial charge in [0.05, 0.1) is 0 Å². The van der Waals surface area contributed by atoms with Crippen LogP contribution in [0.4, 0.5) is 0 Å². The number of amides is 1. The van der Waals surface area contributed by atoms with Gasteiger partial charge in [-0.3, -0.25) is 0 Å². The molecule has 0 aromatic heterocycles. The molecule has 0 fully saturated rings. The maximum atomic E-state index is 12.6. The van der Waals surface area contributed by atoms with E-state index >= 15 is 0 Å². The summed E-state index contributed by atoms with van der Waals surface area (Å²) in [5.41, 5.74) is 3.58. The molecule has 1 amide bonds. The fraction of sp³-hybridized carbons (Fsp3) is 0.222. The van der Waals surface area contributed by atoms with Crippen molar-refractivity contribution >= 4 is 30.4 Å². The third-order valence-electron chi connectivity index (χ3n) is 3.58. The summed E-state index contributed by atoms with van der Waals surface area (Å²) in [4.78, 5) is 27.9. The van der Waals surface area contributed by atoms with Crippen LogP contribution >= 0.6 is 0 Å². The van der Waals surface area contributed by atoms with Gasteiger partial charge in [0, 0.05) is 0 Å². The SMILES string of the molecule is CC(=O)NOC(=O)C(Cc1ccccc1C)O[As](=O)(O)c1ccccc1. The Morgan fingerprint density at radius 2 is 1.73 bits per heavy atom. The quantitative estimate of drug-likeness (QED) is 0.528. The summed E-state index contributed by atoms with van der Waals surface area (Å²) in [7, 11) is 0. The number of hydrogen-bond acceptors (Lipinski definition) is 5. The van der Waals surface area contributed by atoms with Crippen LogP contribution in [0, 0.1) is 6.92 Å². The molecule has 8 heteroatoms. The first-order valence-corrected chi connectivity index (χ1v) is 11.2. The van der Waals surface area contributed by atoms with E-state index in [1.807, 2.05) is 24.5 Å². The average molecular weight is 421 g/mol. The molecule has 0 bridgehead atoms. The molecule has 2 aromatic carbocycles. The zero-order valence-corrected chi connectivity index (χ0v) is 16.3. The standard InChI is InChI=1S/C18H20AsNO6/c1-13-8-6-7-9-15(13)12-17(18(22)26-20-14(2)21)25-19(23,24)16-10-4-3-5-11-16/h3-11,17H,12H2,1-2H3,(H,20,21)(H,23,24). The van der Waals surface area contributed by atoms with E-state index < -0.39 is 32.2 Å². The molecule has 7 nitrogen and oxygen atoms in total. The van der Waals surface area contributed by atoms with Crippen molar-refractivity contribution in [3.63, 3.8) is 0 Å². The Morgan fingerprint density at radius 1 is 1.12 bits per heavy atom. The fourth-order valence-corrected chi connectivity index (χ4v) is 4.71. The van der Waals surface area contributed by atoms with Crippen LogP contribution in [0.15, 0.2) is 54.6 Å². The van der Waals surface area contributed by atoms with Crippen molar-refractivity contribution in [2.75, 3.05) is 0 Å². The topological polar surface area (TPSA) is 102 Å². The predicted octanol–water partition coefficient (Wildman–Crippen LogP) is 0.786. The second-order valence-corrected chi connectivity index (χ2v) is 9.37. The molecule has 0 saturated carbocycles. The first-order valence-electron chi connectivity index (χ1n) is 7.88. The van der Waals surface area contributed by atoms with E-state index in [-0.39, 0.29) is 10.8 Å². The number of hydroxylamine groups is 1. The minimum absolute atomic E-state index is 0.0315. The third kappa shape index (κ3) is 5.59. The normalized spacial score (nSPS) is 14.1. The van der Waals surface area contributed by atoms with Crippen molar-refractivity contribution in [1.29, 1.82) is 0 Å². The molecule has 2 rings (SSSR count). The van der Waals surface area contributed by atoms with Gasteiger partial charge in [0.2, 0.25) is 0 Å². The van der Waals surface area contributed by atoms with E-state index in [9.17, 15) is 17.4 Å². The van der Waals surface area contributed by atoms with Crippen LogP contribution in [0.1, 0.15) is 18.1 Å². The summed E-state index contributed by atoms with van der Waals surface area (Å²) in [6, 6.07) is 15.1. The van der Waals surface area contributed by atoms with E-state index in [1.165, 1.54) is 19.1 Å². The van der Waals surface area contributed by atoms with Crippen LogP contribution < -0.4 is 9.83 Å². The molecule has 0 heterocycles. The average Bonchev–Trinajstić information content (AvgIpc) is 2.61. The van der Waals surface area contributed by atoms with Gasteiger partial charge in [0.15, 0.2) is 0 Å². The Bertz CT molecular complexity index is 823. The summed E-state index contributed by atoms with van der Waals surface area (Å²) in [5, 5.41) is 0. The summed E-state index contributed by atoms with van der Waals surface area (Å²) in [6.07, 6.45) is -1.32. The number of hydrogen-bond donors (Lipinski definition) is 2. The fourth-order valence-electron chi connectivity index (χ4n) is 2.24. The first-order chi connectivity index (χ1) is 12.3. The summed E-state index contributed by atoms with van der Waals surface area (Å²) < 4.78 is 28.4. The molecule has 0 aliphatic heterocycles. The number of carbonyl (C=O) groups excluding carboxylic acids is 2. The van der Waals surface area contributed by atoms with Gasteiger partial charge in [-0.05, 0) is 0 Å². The predicted molar refractivity (Wildman–Crippen MR) is 94.4 cm³/mol. The van der Waals surface area contributed by atoms with Crippen molar-refractivity contribution < 1.29 is 26.0 Å². The third-order valence-corrected chi connectivity index (χ3v) is 6.71. The van der Waals surface area contributed by atoms with E-state index in [0.29, 0.717) is 0 Å². The Balaban J connectivity index is 2.25. The molecule has 2 unspecified atom stereocenters. The van der Waals surface area contributed by atoms with E-state index in [0.717, 1.165) is 11.1 Å².